The molecule has 1 aromatic heterocycles. The molecule has 0 saturated carbocycles. The van der Waals surface area contributed by atoms with E-state index in [-0.39, 0.29) is 6.03 Å². The Kier molecular flexibility index (Phi) is 4.36. The molecule has 0 radical (unpaired) electrons. The maximum absolute atomic E-state index is 12.3. The number of urea groups is 1. The highest BCUT2D eigenvalue weighted by atomic mass is 32.1. The van der Waals surface area contributed by atoms with Gasteiger partial charge in [0, 0.05) is 31.5 Å². The third kappa shape index (κ3) is 3.33. The fourth-order valence-electron chi connectivity index (χ4n) is 2.59. The van der Waals surface area contributed by atoms with E-state index in [4.69, 9.17) is 4.74 Å². The quantitative estimate of drug-likeness (QED) is 0.947. The van der Waals surface area contributed by atoms with Gasteiger partial charge in [0.2, 0.25) is 0 Å². The first kappa shape index (κ1) is 14.3. The Labute approximate surface area is 128 Å². The van der Waals surface area contributed by atoms with Gasteiger partial charge in [0.1, 0.15) is 0 Å². The summed E-state index contributed by atoms with van der Waals surface area (Å²) in [6, 6.07) is 7.79. The van der Waals surface area contributed by atoms with E-state index in [9.17, 15) is 4.79 Å². The standard InChI is InChI=1S/C15H19N3O2S/c1-18(9-11-5-4-8-20-10-11)15(19)16-14-12-6-2-3-7-13(12)21-17-14/h2-3,6-7,11H,4-5,8-10H2,1H3,(H,16,17,19). The molecule has 5 nitrogen and oxygen atoms in total. The zero-order chi connectivity index (χ0) is 14.7. The van der Waals surface area contributed by atoms with Gasteiger partial charge in [-0.2, -0.15) is 4.37 Å². The summed E-state index contributed by atoms with van der Waals surface area (Å²) in [7, 11) is 1.82. The fourth-order valence-corrected chi connectivity index (χ4v) is 3.33. The zero-order valence-electron chi connectivity index (χ0n) is 12.0. The summed E-state index contributed by atoms with van der Waals surface area (Å²) in [5, 5.41) is 3.89. The highest BCUT2D eigenvalue weighted by Crippen LogP contribution is 2.26. The highest BCUT2D eigenvalue weighted by molar-refractivity contribution is 7.13. The number of carbonyl (C=O) groups is 1. The van der Waals surface area contributed by atoms with Crippen LogP contribution in [0.15, 0.2) is 24.3 Å². The summed E-state index contributed by atoms with van der Waals surface area (Å²) in [4.78, 5) is 14.0. The Hall–Kier alpha value is -1.66. The van der Waals surface area contributed by atoms with Gasteiger partial charge in [-0.05, 0) is 36.5 Å². The SMILES string of the molecule is CN(CC1CCCOC1)C(=O)Nc1nsc2ccccc12. The molecule has 0 spiro atoms. The van der Waals surface area contributed by atoms with E-state index in [0.29, 0.717) is 18.3 Å². The largest absolute Gasteiger partial charge is 0.381 e. The molecular formula is C15H19N3O2S. The van der Waals surface area contributed by atoms with Crippen LogP contribution >= 0.6 is 11.5 Å². The number of benzene rings is 1. The molecule has 1 fully saturated rings. The van der Waals surface area contributed by atoms with Crippen molar-refractivity contribution in [3.63, 3.8) is 0 Å². The lowest BCUT2D eigenvalue weighted by atomic mass is 10.0. The lowest BCUT2D eigenvalue weighted by Gasteiger charge is -2.27. The normalized spacial score (nSPS) is 18.6. The number of nitrogens with zero attached hydrogens (tertiary/aromatic N) is 2. The molecule has 1 saturated heterocycles. The van der Waals surface area contributed by atoms with E-state index in [0.717, 1.165) is 36.1 Å². The van der Waals surface area contributed by atoms with Crippen molar-refractivity contribution < 1.29 is 9.53 Å². The zero-order valence-corrected chi connectivity index (χ0v) is 12.9. The molecular weight excluding hydrogens is 286 g/mol. The number of amides is 2. The third-order valence-electron chi connectivity index (χ3n) is 3.74. The van der Waals surface area contributed by atoms with Gasteiger partial charge < -0.3 is 9.64 Å². The molecule has 21 heavy (non-hydrogen) atoms. The molecule has 1 atom stereocenters. The predicted molar refractivity (Wildman–Crippen MR) is 84.8 cm³/mol. The first-order chi connectivity index (χ1) is 10.2. The van der Waals surface area contributed by atoms with Crippen LogP contribution in [0.1, 0.15) is 12.8 Å². The molecule has 0 aliphatic carbocycles. The second-order valence-electron chi connectivity index (χ2n) is 5.42. The lowest BCUT2D eigenvalue weighted by Crippen LogP contribution is -2.37. The predicted octanol–water partition coefficient (Wildman–Crippen LogP) is 3.19. The summed E-state index contributed by atoms with van der Waals surface area (Å²) in [5.41, 5.74) is 0. The maximum Gasteiger partial charge on any atom is 0.322 e. The van der Waals surface area contributed by atoms with Crippen molar-refractivity contribution >= 4 is 33.5 Å². The molecule has 1 unspecified atom stereocenters. The van der Waals surface area contributed by atoms with Crippen LogP contribution in [0.4, 0.5) is 10.6 Å². The van der Waals surface area contributed by atoms with Gasteiger partial charge in [-0.3, -0.25) is 5.32 Å². The molecule has 1 aliphatic heterocycles. The Morgan fingerprint density at radius 3 is 3.19 bits per heavy atom. The van der Waals surface area contributed by atoms with Crippen LogP contribution in [0, 0.1) is 5.92 Å². The summed E-state index contributed by atoms with van der Waals surface area (Å²) in [5.74, 6) is 1.08. The van der Waals surface area contributed by atoms with Crippen LogP contribution < -0.4 is 5.32 Å². The Bertz CT molecular complexity index is 622. The van der Waals surface area contributed by atoms with E-state index in [1.807, 2.05) is 31.3 Å². The molecule has 6 heteroatoms. The van der Waals surface area contributed by atoms with Crippen LogP contribution in [0.2, 0.25) is 0 Å². The second kappa shape index (κ2) is 6.41. The van der Waals surface area contributed by atoms with Gasteiger partial charge in [-0.1, -0.05) is 12.1 Å². The van der Waals surface area contributed by atoms with E-state index >= 15 is 0 Å². The topological polar surface area (TPSA) is 54.5 Å². The summed E-state index contributed by atoms with van der Waals surface area (Å²) in [6.07, 6.45) is 2.20. The summed E-state index contributed by atoms with van der Waals surface area (Å²) >= 11 is 1.40. The number of hydrogen-bond donors (Lipinski definition) is 1. The first-order valence-electron chi connectivity index (χ1n) is 7.18. The van der Waals surface area contributed by atoms with Crippen LogP contribution in [0.5, 0.6) is 0 Å². The van der Waals surface area contributed by atoms with Crippen molar-refractivity contribution in [2.45, 2.75) is 12.8 Å². The second-order valence-corrected chi connectivity index (χ2v) is 6.23. The third-order valence-corrected chi connectivity index (χ3v) is 4.56. The van der Waals surface area contributed by atoms with Crippen molar-refractivity contribution in [2.75, 3.05) is 32.1 Å². The van der Waals surface area contributed by atoms with E-state index in [1.54, 1.807) is 4.90 Å². The molecule has 2 amide bonds. The number of rotatable bonds is 3. The van der Waals surface area contributed by atoms with Crippen molar-refractivity contribution in [1.82, 2.24) is 9.27 Å². The number of fused-ring (bicyclic) bond motifs is 1. The fraction of sp³-hybridized carbons (Fsp3) is 0.467. The molecule has 0 bridgehead atoms. The van der Waals surface area contributed by atoms with Gasteiger partial charge in [-0.15, -0.1) is 0 Å². The minimum absolute atomic E-state index is 0.114. The number of nitrogens with one attached hydrogen (secondary N) is 1. The Morgan fingerprint density at radius 1 is 1.52 bits per heavy atom. The molecule has 1 N–H and O–H groups in total. The van der Waals surface area contributed by atoms with E-state index < -0.39 is 0 Å². The minimum atomic E-state index is -0.114. The minimum Gasteiger partial charge on any atom is -0.381 e. The van der Waals surface area contributed by atoms with Gasteiger partial charge in [0.15, 0.2) is 5.82 Å². The van der Waals surface area contributed by atoms with Crippen molar-refractivity contribution in [3.05, 3.63) is 24.3 Å². The monoisotopic (exact) mass is 305 g/mol. The number of carbonyl (C=O) groups excluding carboxylic acids is 1. The number of aromatic nitrogens is 1. The average Bonchev–Trinajstić information content (AvgIpc) is 2.91. The summed E-state index contributed by atoms with van der Waals surface area (Å²) in [6.45, 7) is 2.31. The highest BCUT2D eigenvalue weighted by Gasteiger charge is 2.19. The van der Waals surface area contributed by atoms with Crippen LogP contribution in [0.25, 0.3) is 10.1 Å². The van der Waals surface area contributed by atoms with Gasteiger partial charge in [-0.25, -0.2) is 4.79 Å². The van der Waals surface area contributed by atoms with Crippen molar-refractivity contribution in [1.29, 1.82) is 0 Å². The van der Waals surface area contributed by atoms with Crippen molar-refractivity contribution in [2.24, 2.45) is 5.92 Å². The van der Waals surface area contributed by atoms with Crippen molar-refractivity contribution in [3.8, 4) is 0 Å². The maximum atomic E-state index is 12.3. The van der Waals surface area contributed by atoms with E-state index in [1.165, 1.54) is 11.5 Å². The molecule has 2 heterocycles. The smallest absolute Gasteiger partial charge is 0.322 e. The van der Waals surface area contributed by atoms with E-state index in [2.05, 4.69) is 9.69 Å². The number of ether oxygens (including phenoxy) is 1. The van der Waals surface area contributed by atoms with Crippen LogP contribution in [-0.4, -0.2) is 42.1 Å². The van der Waals surface area contributed by atoms with Gasteiger partial charge in [0.05, 0.1) is 11.3 Å². The Morgan fingerprint density at radius 2 is 2.38 bits per heavy atom. The first-order valence-corrected chi connectivity index (χ1v) is 7.95. The van der Waals surface area contributed by atoms with Crippen LogP contribution in [-0.2, 0) is 4.74 Å². The number of anilines is 1. The molecule has 1 aromatic carbocycles. The summed E-state index contributed by atoms with van der Waals surface area (Å²) < 4.78 is 10.9. The molecule has 3 rings (SSSR count). The van der Waals surface area contributed by atoms with Crippen LogP contribution in [0.3, 0.4) is 0 Å². The average molecular weight is 305 g/mol. The molecule has 2 aromatic rings. The molecule has 112 valence electrons. The number of hydrogen-bond acceptors (Lipinski definition) is 4. The molecule has 1 aliphatic rings. The van der Waals surface area contributed by atoms with Gasteiger partial charge >= 0.3 is 6.03 Å². The Balaban J connectivity index is 1.62. The van der Waals surface area contributed by atoms with Gasteiger partial charge in [0.25, 0.3) is 0 Å². The lowest BCUT2D eigenvalue weighted by molar-refractivity contribution is 0.0464.